The molecule has 4 nitrogen and oxygen atoms in total. The number of nitrogens with two attached hydrogens (primary N) is 1. The van der Waals surface area contributed by atoms with Gasteiger partial charge in [-0.05, 0) is 0 Å². The quantitative estimate of drug-likeness (QED) is 0.459. The van der Waals surface area contributed by atoms with Crippen molar-refractivity contribution in [3.05, 3.63) is 12.4 Å². The van der Waals surface area contributed by atoms with Crippen LogP contribution in [0.4, 0.5) is 5.69 Å². The van der Waals surface area contributed by atoms with Crippen molar-refractivity contribution >= 4 is 5.69 Å². The molecule has 1 heterocycles. The average Bonchev–Trinajstić information content (AvgIpc) is 1.83. The second-order valence-electron chi connectivity index (χ2n) is 1.59. The fourth-order valence-corrected chi connectivity index (χ4v) is 0.449. The van der Waals surface area contributed by atoms with E-state index in [-0.39, 0.29) is 17.2 Å². The van der Waals surface area contributed by atoms with Crippen LogP contribution in [0.3, 0.4) is 0 Å². The van der Waals surface area contributed by atoms with Gasteiger partial charge in [0, 0.05) is 0 Å². The topological polar surface area (TPSA) is 79.4 Å². The molecule has 0 aliphatic rings. The minimum absolute atomic E-state index is 0.0370. The summed E-state index contributed by atoms with van der Waals surface area (Å²) in [5.41, 5.74) is 5.10. The molecule has 0 saturated heterocycles. The van der Waals surface area contributed by atoms with Crippen molar-refractivity contribution in [2.24, 2.45) is 0 Å². The zero-order valence-electron chi connectivity index (χ0n) is 4.57. The lowest BCUT2D eigenvalue weighted by molar-refractivity contribution is 0.451. The van der Waals surface area contributed by atoms with E-state index in [4.69, 9.17) is 15.9 Å². The zero-order valence-corrected chi connectivity index (χ0v) is 4.57. The summed E-state index contributed by atoms with van der Waals surface area (Å²) >= 11 is 0. The van der Waals surface area contributed by atoms with Crippen LogP contribution in [-0.2, 0) is 0 Å². The van der Waals surface area contributed by atoms with Crippen molar-refractivity contribution in [1.82, 2.24) is 4.98 Å². The van der Waals surface area contributed by atoms with Crippen LogP contribution in [0.25, 0.3) is 0 Å². The number of nitrogen functional groups attached to an aromatic ring is 1. The minimum atomic E-state index is -0.199. The monoisotopic (exact) mass is 126 g/mol. The summed E-state index contributed by atoms with van der Waals surface area (Å²) in [6, 6.07) is 0. The van der Waals surface area contributed by atoms with Gasteiger partial charge in [0.2, 0.25) is 0 Å². The number of hydrogen-bond acceptors (Lipinski definition) is 4. The lowest BCUT2D eigenvalue weighted by Crippen LogP contribution is -1.86. The molecule has 0 saturated carbocycles. The lowest BCUT2D eigenvalue weighted by Gasteiger charge is -1.97. The molecule has 1 aromatic rings. The number of anilines is 1. The van der Waals surface area contributed by atoms with Gasteiger partial charge >= 0.3 is 0 Å². The highest BCUT2D eigenvalue weighted by molar-refractivity contribution is 5.59. The van der Waals surface area contributed by atoms with Crippen molar-refractivity contribution in [2.75, 3.05) is 5.73 Å². The highest BCUT2D eigenvalue weighted by Crippen LogP contribution is 2.26. The van der Waals surface area contributed by atoms with Gasteiger partial charge in [-0.15, -0.1) is 0 Å². The van der Waals surface area contributed by atoms with Crippen LogP contribution in [0.2, 0.25) is 0 Å². The molecule has 0 atom stereocenters. The van der Waals surface area contributed by atoms with Gasteiger partial charge in [0.25, 0.3) is 0 Å². The predicted octanol–water partition coefficient (Wildman–Crippen LogP) is 0.0750. The van der Waals surface area contributed by atoms with Crippen LogP contribution in [0.1, 0.15) is 0 Å². The summed E-state index contributed by atoms with van der Waals surface area (Å²) in [7, 11) is 0. The van der Waals surface area contributed by atoms with Crippen LogP contribution >= 0.6 is 0 Å². The molecule has 0 aliphatic carbocycles. The Morgan fingerprint density at radius 2 is 1.67 bits per heavy atom. The van der Waals surface area contributed by atoms with Crippen molar-refractivity contribution in [1.29, 1.82) is 0 Å². The molecular weight excluding hydrogens is 120 g/mol. The Hall–Kier alpha value is -1.45. The van der Waals surface area contributed by atoms with E-state index in [1.807, 2.05) is 0 Å². The molecule has 1 aromatic heterocycles. The molecule has 0 bridgehead atoms. The standard InChI is InChI=1S/C5H6N2O2/c6-5-3(8)1-7-2-4(5)9/h1-2,8-9H,(H2,6,7). The van der Waals surface area contributed by atoms with Crippen LogP contribution in [0.15, 0.2) is 12.4 Å². The zero-order chi connectivity index (χ0) is 6.85. The summed E-state index contributed by atoms with van der Waals surface area (Å²) in [5.74, 6) is -0.398. The molecule has 0 unspecified atom stereocenters. The SMILES string of the molecule is Nc1c(O)cncc1O. The first kappa shape index (κ1) is 5.68. The van der Waals surface area contributed by atoms with E-state index >= 15 is 0 Å². The summed E-state index contributed by atoms with van der Waals surface area (Å²) in [6.45, 7) is 0. The Balaban J connectivity index is 3.25. The van der Waals surface area contributed by atoms with Crippen molar-refractivity contribution < 1.29 is 10.2 Å². The molecule has 4 N–H and O–H groups in total. The Morgan fingerprint density at radius 1 is 1.22 bits per heavy atom. The van der Waals surface area contributed by atoms with Crippen LogP contribution < -0.4 is 5.73 Å². The highest BCUT2D eigenvalue weighted by atomic mass is 16.3. The molecule has 48 valence electrons. The molecule has 0 fully saturated rings. The number of rotatable bonds is 0. The third-order valence-electron chi connectivity index (χ3n) is 0.946. The largest absolute Gasteiger partial charge is 0.504 e. The maximum absolute atomic E-state index is 8.75. The van der Waals surface area contributed by atoms with Gasteiger partial charge in [0.15, 0.2) is 11.5 Å². The number of nitrogens with zero attached hydrogens (tertiary/aromatic N) is 1. The Morgan fingerprint density at radius 3 is 2.00 bits per heavy atom. The fraction of sp³-hybridized carbons (Fsp3) is 0. The Labute approximate surface area is 51.6 Å². The average molecular weight is 126 g/mol. The third-order valence-corrected chi connectivity index (χ3v) is 0.946. The number of aromatic hydroxyl groups is 2. The molecule has 0 aliphatic heterocycles. The summed E-state index contributed by atoms with van der Waals surface area (Å²) in [4.78, 5) is 3.46. The van der Waals surface area contributed by atoms with E-state index in [1.165, 1.54) is 0 Å². The summed E-state index contributed by atoms with van der Waals surface area (Å²) in [6.07, 6.45) is 2.32. The van der Waals surface area contributed by atoms with E-state index in [0.717, 1.165) is 12.4 Å². The summed E-state index contributed by atoms with van der Waals surface area (Å²) in [5, 5.41) is 17.5. The van der Waals surface area contributed by atoms with E-state index in [9.17, 15) is 0 Å². The first-order valence-corrected chi connectivity index (χ1v) is 2.33. The molecule has 4 heteroatoms. The van der Waals surface area contributed by atoms with Crippen LogP contribution in [-0.4, -0.2) is 15.2 Å². The van der Waals surface area contributed by atoms with Crippen LogP contribution in [0, 0.1) is 0 Å². The van der Waals surface area contributed by atoms with Gasteiger partial charge in [-0.3, -0.25) is 4.98 Å². The van der Waals surface area contributed by atoms with Gasteiger partial charge in [0.05, 0.1) is 12.4 Å². The van der Waals surface area contributed by atoms with E-state index in [0.29, 0.717) is 0 Å². The Bertz CT molecular complexity index is 204. The van der Waals surface area contributed by atoms with Crippen LogP contribution in [0.5, 0.6) is 11.5 Å². The molecule has 0 radical (unpaired) electrons. The smallest absolute Gasteiger partial charge is 0.160 e. The fourth-order valence-electron chi connectivity index (χ4n) is 0.449. The van der Waals surface area contributed by atoms with Gasteiger partial charge in [0.1, 0.15) is 5.69 Å². The second kappa shape index (κ2) is 1.81. The second-order valence-corrected chi connectivity index (χ2v) is 1.59. The summed E-state index contributed by atoms with van der Waals surface area (Å²) < 4.78 is 0. The van der Waals surface area contributed by atoms with E-state index in [1.54, 1.807) is 0 Å². The maximum atomic E-state index is 8.75. The van der Waals surface area contributed by atoms with Gasteiger partial charge in [-0.1, -0.05) is 0 Å². The van der Waals surface area contributed by atoms with Gasteiger partial charge in [-0.2, -0.15) is 0 Å². The van der Waals surface area contributed by atoms with Gasteiger partial charge < -0.3 is 15.9 Å². The first-order valence-electron chi connectivity index (χ1n) is 2.33. The van der Waals surface area contributed by atoms with Crippen molar-refractivity contribution in [2.45, 2.75) is 0 Å². The predicted molar refractivity (Wildman–Crippen MR) is 32.0 cm³/mol. The van der Waals surface area contributed by atoms with Crippen molar-refractivity contribution in [3.63, 3.8) is 0 Å². The highest BCUT2D eigenvalue weighted by Gasteiger charge is 1.99. The van der Waals surface area contributed by atoms with Gasteiger partial charge in [-0.25, -0.2) is 0 Å². The minimum Gasteiger partial charge on any atom is -0.504 e. The Kier molecular flexibility index (Phi) is 1.14. The number of aromatic nitrogens is 1. The molecular formula is C5H6N2O2. The molecule has 0 aromatic carbocycles. The normalized spacial score (nSPS) is 9.33. The molecule has 0 spiro atoms. The molecule has 9 heavy (non-hydrogen) atoms. The lowest BCUT2D eigenvalue weighted by atomic mass is 10.4. The molecule has 0 amide bonds. The number of hydrogen-bond donors (Lipinski definition) is 3. The third kappa shape index (κ3) is 0.861. The molecule has 1 rings (SSSR count). The first-order chi connectivity index (χ1) is 4.22. The van der Waals surface area contributed by atoms with E-state index < -0.39 is 0 Å². The number of pyridine rings is 1. The van der Waals surface area contributed by atoms with E-state index in [2.05, 4.69) is 4.98 Å². The maximum Gasteiger partial charge on any atom is 0.160 e. The van der Waals surface area contributed by atoms with Crippen molar-refractivity contribution in [3.8, 4) is 11.5 Å².